The third-order valence-corrected chi connectivity index (χ3v) is 3.02. The van der Waals surface area contributed by atoms with Gasteiger partial charge in [-0.1, -0.05) is 18.2 Å². The summed E-state index contributed by atoms with van der Waals surface area (Å²) in [5, 5.41) is 2.62. The number of benzene rings is 1. The number of hydrogen-bond acceptors (Lipinski definition) is 4. The van der Waals surface area contributed by atoms with Crippen molar-refractivity contribution in [2.45, 2.75) is 6.92 Å². The minimum Gasteiger partial charge on any atom is -0.496 e. The molecule has 0 saturated carbocycles. The van der Waals surface area contributed by atoms with Crippen molar-refractivity contribution in [2.24, 2.45) is 0 Å². The first-order chi connectivity index (χ1) is 9.58. The Morgan fingerprint density at radius 3 is 2.60 bits per heavy atom. The summed E-state index contributed by atoms with van der Waals surface area (Å²) in [6.07, 6.45) is 1.62. The summed E-state index contributed by atoms with van der Waals surface area (Å²) in [5.74, 6) is -0.239. The Labute approximate surface area is 116 Å². The summed E-state index contributed by atoms with van der Waals surface area (Å²) in [6, 6.07) is 7.25. The summed E-state index contributed by atoms with van der Waals surface area (Å²) in [4.78, 5) is 23.7. The topological polar surface area (TPSA) is 64.6 Å². The van der Waals surface area contributed by atoms with Crippen LogP contribution in [0.4, 0.5) is 0 Å². The fourth-order valence-electron chi connectivity index (χ4n) is 2.06. The van der Waals surface area contributed by atoms with Gasteiger partial charge in [0.15, 0.2) is 0 Å². The minimum absolute atomic E-state index is 0.253. The molecule has 1 aliphatic heterocycles. The van der Waals surface area contributed by atoms with Crippen molar-refractivity contribution in [3.05, 3.63) is 46.7 Å². The number of carbonyl (C=O) groups is 2. The van der Waals surface area contributed by atoms with Gasteiger partial charge in [0, 0.05) is 11.3 Å². The summed E-state index contributed by atoms with van der Waals surface area (Å²) in [5.41, 5.74) is 1.74. The lowest BCUT2D eigenvalue weighted by Gasteiger charge is -2.06. The Balaban J connectivity index is 2.51. The highest BCUT2D eigenvalue weighted by atomic mass is 16.5. The predicted molar refractivity (Wildman–Crippen MR) is 73.8 cm³/mol. The average Bonchev–Trinajstić information content (AvgIpc) is 2.73. The zero-order chi connectivity index (χ0) is 14.7. The highest BCUT2D eigenvalue weighted by Crippen LogP contribution is 2.27. The summed E-state index contributed by atoms with van der Waals surface area (Å²) >= 11 is 0. The molecule has 0 spiro atoms. The van der Waals surface area contributed by atoms with Crippen molar-refractivity contribution in [1.29, 1.82) is 0 Å². The molecule has 0 aliphatic carbocycles. The minimum atomic E-state index is -0.540. The van der Waals surface area contributed by atoms with E-state index >= 15 is 0 Å². The van der Waals surface area contributed by atoms with Crippen LogP contribution in [0.25, 0.3) is 6.08 Å². The second-order valence-corrected chi connectivity index (χ2v) is 4.25. The fourth-order valence-corrected chi connectivity index (χ4v) is 2.06. The van der Waals surface area contributed by atoms with E-state index in [4.69, 9.17) is 9.47 Å². The van der Waals surface area contributed by atoms with E-state index in [0.29, 0.717) is 11.4 Å². The number of hydrogen-bond donors (Lipinski definition) is 1. The van der Waals surface area contributed by atoms with Gasteiger partial charge < -0.3 is 14.8 Å². The molecule has 5 nitrogen and oxygen atoms in total. The molecule has 0 aromatic heterocycles. The molecule has 0 unspecified atom stereocenters. The number of methoxy groups -OCH3 is 2. The first-order valence-electron chi connectivity index (χ1n) is 6.04. The third-order valence-electron chi connectivity index (χ3n) is 3.02. The molecule has 0 bridgehead atoms. The molecule has 1 aromatic rings. The Morgan fingerprint density at radius 2 is 1.95 bits per heavy atom. The van der Waals surface area contributed by atoms with E-state index in [1.54, 1.807) is 26.2 Å². The average molecular weight is 273 g/mol. The third kappa shape index (κ3) is 2.42. The van der Waals surface area contributed by atoms with Crippen LogP contribution in [0.1, 0.15) is 12.5 Å². The standard InChI is InChI=1S/C15H15NO4/c1-9-13(15(18)20-3)11(14(17)16-9)8-10-6-4-5-7-12(10)19-2/h4-8H,1-3H3,(H,16,17)/b11-8+. The SMILES string of the molecule is COC(=O)C1=C(C)NC(=O)/C1=C/c1ccccc1OC. The van der Waals surface area contributed by atoms with Crippen LogP contribution in [-0.2, 0) is 14.3 Å². The van der Waals surface area contributed by atoms with Crippen molar-refractivity contribution < 1.29 is 19.1 Å². The van der Waals surface area contributed by atoms with Crippen LogP contribution in [-0.4, -0.2) is 26.1 Å². The monoisotopic (exact) mass is 273 g/mol. The first kappa shape index (κ1) is 13.9. The fraction of sp³-hybridized carbons (Fsp3) is 0.200. The van der Waals surface area contributed by atoms with Gasteiger partial charge in [0.2, 0.25) is 0 Å². The molecule has 0 atom stereocenters. The molecule has 0 saturated heterocycles. The highest BCUT2D eigenvalue weighted by Gasteiger charge is 2.30. The summed E-state index contributed by atoms with van der Waals surface area (Å²) in [6.45, 7) is 1.66. The van der Waals surface area contributed by atoms with Crippen LogP contribution in [0.15, 0.2) is 41.1 Å². The molecule has 104 valence electrons. The number of carbonyl (C=O) groups excluding carboxylic acids is 2. The van der Waals surface area contributed by atoms with Crippen molar-refractivity contribution in [3.8, 4) is 5.75 Å². The number of esters is 1. The molecule has 1 N–H and O–H groups in total. The lowest BCUT2D eigenvalue weighted by molar-refractivity contribution is -0.136. The lowest BCUT2D eigenvalue weighted by Crippen LogP contribution is -2.15. The van der Waals surface area contributed by atoms with E-state index in [9.17, 15) is 9.59 Å². The Bertz CT molecular complexity index is 629. The lowest BCUT2D eigenvalue weighted by atomic mass is 10.0. The molecular weight excluding hydrogens is 258 g/mol. The van der Waals surface area contributed by atoms with Crippen molar-refractivity contribution >= 4 is 18.0 Å². The maximum absolute atomic E-state index is 11.9. The van der Waals surface area contributed by atoms with Gasteiger partial charge in [0.1, 0.15) is 5.75 Å². The molecule has 1 amide bonds. The molecule has 2 rings (SSSR count). The van der Waals surface area contributed by atoms with Crippen LogP contribution in [0.3, 0.4) is 0 Å². The van der Waals surface area contributed by atoms with E-state index in [1.807, 2.05) is 18.2 Å². The molecule has 0 fully saturated rings. The van der Waals surface area contributed by atoms with Gasteiger partial charge in [-0.2, -0.15) is 0 Å². The molecule has 1 aliphatic rings. The number of para-hydroxylation sites is 1. The summed E-state index contributed by atoms with van der Waals surface area (Å²) < 4.78 is 9.95. The van der Waals surface area contributed by atoms with E-state index in [2.05, 4.69) is 5.32 Å². The maximum atomic E-state index is 11.9. The second kappa shape index (κ2) is 5.61. The molecular formula is C15H15NO4. The van der Waals surface area contributed by atoms with Crippen LogP contribution >= 0.6 is 0 Å². The number of ether oxygens (including phenoxy) is 2. The molecule has 1 heterocycles. The van der Waals surface area contributed by atoms with Crippen LogP contribution in [0.2, 0.25) is 0 Å². The van der Waals surface area contributed by atoms with E-state index in [-0.39, 0.29) is 17.1 Å². The largest absolute Gasteiger partial charge is 0.496 e. The Hall–Kier alpha value is -2.56. The van der Waals surface area contributed by atoms with Gasteiger partial charge in [0.25, 0.3) is 5.91 Å². The predicted octanol–water partition coefficient (Wildman–Crippen LogP) is 1.66. The quantitative estimate of drug-likeness (QED) is 0.672. The number of amides is 1. The van der Waals surface area contributed by atoms with Crippen LogP contribution in [0, 0.1) is 0 Å². The molecule has 1 aromatic carbocycles. The van der Waals surface area contributed by atoms with Gasteiger partial charge in [0.05, 0.1) is 25.4 Å². The van der Waals surface area contributed by atoms with Gasteiger partial charge in [-0.3, -0.25) is 4.79 Å². The smallest absolute Gasteiger partial charge is 0.340 e. The van der Waals surface area contributed by atoms with E-state index in [1.165, 1.54) is 7.11 Å². The maximum Gasteiger partial charge on any atom is 0.340 e. The zero-order valence-corrected chi connectivity index (χ0v) is 11.5. The first-order valence-corrected chi connectivity index (χ1v) is 6.04. The van der Waals surface area contributed by atoms with E-state index < -0.39 is 5.97 Å². The molecule has 0 radical (unpaired) electrons. The number of nitrogens with one attached hydrogen (secondary N) is 1. The van der Waals surface area contributed by atoms with Gasteiger partial charge >= 0.3 is 5.97 Å². The van der Waals surface area contributed by atoms with Crippen LogP contribution in [0.5, 0.6) is 5.75 Å². The summed E-state index contributed by atoms with van der Waals surface area (Å²) in [7, 11) is 2.83. The van der Waals surface area contributed by atoms with Gasteiger partial charge in [-0.15, -0.1) is 0 Å². The zero-order valence-electron chi connectivity index (χ0n) is 11.5. The van der Waals surface area contributed by atoms with Crippen molar-refractivity contribution in [2.75, 3.05) is 14.2 Å². The normalized spacial score (nSPS) is 16.4. The van der Waals surface area contributed by atoms with Crippen molar-refractivity contribution in [1.82, 2.24) is 5.32 Å². The van der Waals surface area contributed by atoms with Gasteiger partial charge in [-0.25, -0.2) is 4.79 Å². The molecule has 5 heteroatoms. The molecule has 20 heavy (non-hydrogen) atoms. The van der Waals surface area contributed by atoms with E-state index in [0.717, 1.165) is 5.56 Å². The van der Waals surface area contributed by atoms with Crippen LogP contribution < -0.4 is 10.1 Å². The number of allylic oxidation sites excluding steroid dienone is 1. The number of rotatable bonds is 3. The second-order valence-electron chi connectivity index (χ2n) is 4.25. The Morgan fingerprint density at radius 1 is 1.25 bits per heavy atom. The highest BCUT2D eigenvalue weighted by molar-refractivity contribution is 6.16. The van der Waals surface area contributed by atoms with Crippen molar-refractivity contribution in [3.63, 3.8) is 0 Å². The van der Waals surface area contributed by atoms with Gasteiger partial charge in [-0.05, 0) is 19.1 Å². The Kier molecular flexibility index (Phi) is 3.89.